The molecule has 0 amide bonds. The summed E-state index contributed by atoms with van der Waals surface area (Å²) in [5, 5.41) is 0. The third-order valence-electron chi connectivity index (χ3n) is 1.40. The second kappa shape index (κ2) is 5.59. The van der Waals surface area contributed by atoms with Crippen molar-refractivity contribution < 1.29 is 4.74 Å². The second-order valence-electron chi connectivity index (χ2n) is 2.87. The summed E-state index contributed by atoms with van der Waals surface area (Å²) in [5.41, 5.74) is 6.29. The first kappa shape index (κ1) is 11.0. The minimum Gasteiger partial charge on any atom is -0.440 e. The van der Waals surface area contributed by atoms with Crippen molar-refractivity contribution in [2.24, 2.45) is 10.7 Å². The smallest absolute Gasteiger partial charge is 0.192 e. The molecule has 0 saturated carbocycles. The number of aliphatic imine (C=N–C) groups is 1. The summed E-state index contributed by atoms with van der Waals surface area (Å²) >= 11 is 0. The van der Waals surface area contributed by atoms with Crippen LogP contribution in [0.15, 0.2) is 53.8 Å². The fraction of sp³-hybridized carbons (Fsp3) is 0.0909. The summed E-state index contributed by atoms with van der Waals surface area (Å²) in [6.07, 6.45) is 6.33. The van der Waals surface area contributed by atoms with Gasteiger partial charge in [0.25, 0.3) is 0 Å². The molecule has 1 aromatic rings. The van der Waals surface area contributed by atoms with Crippen LogP contribution in [0.2, 0.25) is 0 Å². The Morgan fingerprint density at radius 2 is 2.47 bits per heavy atom. The maximum Gasteiger partial charge on any atom is 0.192 e. The third kappa shape index (κ3) is 4.61. The first-order valence-electron chi connectivity index (χ1n) is 4.41. The van der Waals surface area contributed by atoms with Gasteiger partial charge in [-0.25, -0.2) is 0 Å². The number of ether oxygens (including phenoxy) is 1. The Morgan fingerprint density at radius 3 is 3.07 bits per heavy atom. The molecule has 0 unspecified atom stereocenters. The van der Waals surface area contributed by atoms with Gasteiger partial charge in [0.15, 0.2) is 5.88 Å². The van der Waals surface area contributed by atoms with Gasteiger partial charge < -0.3 is 10.5 Å². The van der Waals surface area contributed by atoms with Crippen LogP contribution in [0, 0.1) is 0 Å². The Balaban J connectivity index is 2.56. The van der Waals surface area contributed by atoms with Gasteiger partial charge in [-0.1, -0.05) is 6.58 Å². The van der Waals surface area contributed by atoms with Gasteiger partial charge in [0.1, 0.15) is 5.75 Å². The molecular weight excluding hydrogens is 190 g/mol. The van der Waals surface area contributed by atoms with Crippen LogP contribution in [-0.2, 0) is 0 Å². The van der Waals surface area contributed by atoms with E-state index in [9.17, 15) is 0 Å². The van der Waals surface area contributed by atoms with E-state index in [2.05, 4.69) is 16.6 Å². The second-order valence-corrected chi connectivity index (χ2v) is 2.87. The molecule has 4 nitrogen and oxygen atoms in total. The lowest BCUT2D eigenvalue weighted by Crippen LogP contribution is -2.05. The number of pyridine rings is 1. The normalized spacial score (nSPS) is 11.7. The van der Waals surface area contributed by atoms with Gasteiger partial charge in [-0.2, -0.15) is 0 Å². The lowest BCUT2D eigenvalue weighted by atomic mass is 10.5. The van der Waals surface area contributed by atoms with Gasteiger partial charge in [-0.3, -0.25) is 9.98 Å². The Morgan fingerprint density at radius 1 is 1.67 bits per heavy atom. The summed E-state index contributed by atoms with van der Waals surface area (Å²) in [6.45, 7) is 5.41. The summed E-state index contributed by atoms with van der Waals surface area (Å²) in [6, 6.07) is 3.54. The van der Waals surface area contributed by atoms with Crippen molar-refractivity contribution in [2.75, 3.05) is 0 Å². The average Bonchev–Trinajstić information content (AvgIpc) is 2.18. The van der Waals surface area contributed by atoms with Crippen molar-refractivity contribution >= 4 is 6.21 Å². The van der Waals surface area contributed by atoms with Crippen LogP contribution in [0.25, 0.3) is 0 Å². The van der Waals surface area contributed by atoms with E-state index in [0.29, 0.717) is 11.4 Å². The number of nitrogens with zero attached hydrogens (tertiary/aromatic N) is 2. The SMILES string of the molecule is C=C(C)N=C/C=C(\N)Oc1cccnc1. The highest BCUT2D eigenvalue weighted by molar-refractivity contribution is 5.72. The standard InChI is InChI=1S/C11H13N3O/c1-9(2)14-7-5-11(12)15-10-4-3-6-13-8-10/h3-8H,1,12H2,2H3/b11-5+,14-7?. The van der Waals surface area contributed by atoms with Crippen LogP contribution >= 0.6 is 0 Å². The first-order chi connectivity index (χ1) is 7.18. The van der Waals surface area contributed by atoms with E-state index in [1.807, 2.05) is 0 Å². The molecule has 0 aliphatic carbocycles. The van der Waals surface area contributed by atoms with Crippen molar-refractivity contribution in [2.45, 2.75) is 6.92 Å². The van der Waals surface area contributed by atoms with E-state index in [1.54, 1.807) is 37.5 Å². The van der Waals surface area contributed by atoms with Gasteiger partial charge in [0.05, 0.1) is 6.20 Å². The van der Waals surface area contributed by atoms with Crippen LogP contribution in [0.5, 0.6) is 5.75 Å². The van der Waals surface area contributed by atoms with Gasteiger partial charge in [-0.05, 0) is 19.1 Å². The van der Waals surface area contributed by atoms with Crippen LogP contribution in [-0.4, -0.2) is 11.2 Å². The van der Waals surface area contributed by atoms with E-state index in [-0.39, 0.29) is 5.88 Å². The van der Waals surface area contributed by atoms with Crippen molar-refractivity contribution in [3.63, 3.8) is 0 Å². The van der Waals surface area contributed by atoms with E-state index in [1.165, 1.54) is 6.21 Å². The molecule has 4 heteroatoms. The highest BCUT2D eigenvalue weighted by Crippen LogP contribution is 2.07. The molecule has 1 aromatic heterocycles. The van der Waals surface area contributed by atoms with Gasteiger partial charge in [0, 0.05) is 24.2 Å². The van der Waals surface area contributed by atoms with Crippen molar-refractivity contribution in [3.8, 4) is 5.75 Å². The van der Waals surface area contributed by atoms with Gasteiger partial charge in [-0.15, -0.1) is 0 Å². The van der Waals surface area contributed by atoms with Gasteiger partial charge >= 0.3 is 0 Å². The number of hydrogen-bond donors (Lipinski definition) is 1. The van der Waals surface area contributed by atoms with Crippen LogP contribution in [0.1, 0.15) is 6.92 Å². The maximum absolute atomic E-state index is 5.58. The van der Waals surface area contributed by atoms with Crippen molar-refractivity contribution in [3.05, 3.63) is 48.8 Å². The Kier molecular flexibility index (Phi) is 4.09. The average molecular weight is 203 g/mol. The van der Waals surface area contributed by atoms with E-state index < -0.39 is 0 Å². The molecule has 0 fully saturated rings. The number of aromatic nitrogens is 1. The molecule has 0 radical (unpaired) electrons. The lowest BCUT2D eigenvalue weighted by Gasteiger charge is -2.02. The summed E-state index contributed by atoms with van der Waals surface area (Å²) in [4.78, 5) is 7.83. The zero-order valence-electron chi connectivity index (χ0n) is 8.55. The molecular formula is C11H13N3O. The van der Waals surface area contributed by atoms with Crippen LogP contribution in [0.4, 0.5) is 0 Å². The predicted molar refractivity (Wildman–Crippen MR) is 60.4 cm³/mol. The van der Waals surface area contributed by atoms with Crippen LogP contribution < -0.4 is 10.5 Å². The zero-order valence-corrected chi connectivity index (χ0v) is 8.55. The Hall–Kier alpha value is -2.10. The van der Waals surface area contributed by atoms with E-state index in [0.717, 1.165) is 0 Å². The molecule has 1 heterocycles. The maximum atomic E-state index is 5.58. The number of hydrogen-bond acceptors (Lipinski definition) is 4. The summed E-state index contributed by atoms with van der Waals surface area (Å²) in [7, 11) is 0. The fourth-order valence-corrected chi connectivity index (χ4v) is 0.816. The fourth-order valence-electron chi connectivity index (χ4n) is 0.816. The van der Waals surface area contributed by atoms with Crippen LogP contribution in [0.3, 0.4) is 0 Å². The number of allylic oxidation sites excluding steroid dienone is 2. The molecule has 0 atom stereocenters. The Bertz CT molecular complexity index is 382. The topological polar surface area (TPSA) is 60.5 Å². The minimum atomic E-state index is 0.257. The summed E-state index contributed by atoms with van der Waals surface area (Å²) in [5.74, 6) is 0.850. The first-order valence-corrected chi connectivity index (χ1v) is 4.41. The van der Waals surface area contributed by atoms with Crippen molar-refractivity contribution in [1.82, 2.24) is 4.98 Å². The molecule has 0 aromatic carbocycles. The monoisotopic (exact) mass is 203 g/mol. The lowest BCUT2D eigenvalue weighted by molar-refractivity contribution is 0.419. The largest absolute Gasteiger partial charge is 0.440 e. The highest BCUT2D eigenvalue weighted by Gasteiger charge is 1.92. The molecule has 1 rings (SSSR count). The van der Waals surface area contributed by atoms with Gasteiger partial charge in [0.2, 0.25) is 0 Å². The molecule has 0 spiro atoms. The number of rotatable bonds is 4. The zero-order chi connectivity index (χ0) is 11.1. The third-order valence-corrected chi connectivity index (χ3v) is 1.40. The summed E-state index contributed by atoms with van der Waals surface area (Å²) < 4.78 is 5.25. The minimum absolute atomic E-state index is 0.257. The van der Waals surface area contributed by atoms with Crippen molar-refractivity contribution in [1.29, 1.82) is 0 Å². The molecule has 0 bridgehead atoms. The highest BCUT2D eigenvalue weighted by atomic mass is 16.5. The molecule has 78 valence electrons. The molecule has 0 aliphatic rings. The Labute approximate surface area is 88.8 Å². The molecule has 15 heavy (non-hydrogen) atoms. The quantitative estimate of drug-likeness (QED) is 0.600. The van der Waals surface area contributed by atoms with E-state index in [4.69, 9.17) is 10.5 Å². The molecule has 0 saturated heterocycles. The van der Waals surface area contributed by atoms with E-state index >= 15 is 0 Å². The predicted octanol–water partition coefficient (Wildman–Crippen LogP) is 1.86. The number of nitrogens with two attached hydrogens (primary N) is 1. The molecule has 0 aliphatic heterocycles. The molecule has 2 N–H and O–H groups in total.